The van der Waals surface area contributed by atoms with Gasteiger partial charge in [-0.15, -0.1) is 11.3 Å². The summed E-state index contributed by atoms with van der Waals surface area (Å²) >= 11 is 7.84. The van der Waals surface area contributed by atoms with E-state index in [0.29, 0.717) is 23.0 Å². The van der Waals surface area contributed by atoms with Crippen LogP contribution in [0.1, 0.15) is 36.8 Å². The number of halogens is 1. The van der Waals surface area contributed by atoms with Crippen LogP contribution in [0.2, 0.25) is 5.02 Å². The van der Waals surface area contributed by atoms with E-state index in [2.05, 4.69) is 5.32 Å². The van der Waals surface area contributed by atoms with Gasteiger partial charge in [0.2, 0.25) is 23.6 Å². The van der Waals surface area contributed by atoms with Crippen molar-refractivity contribution in [2.45, 2.75) is 32.6 Å². The number of thiophene rings is 1. The second-order valence-electron chi connectivity index (χ2n) is 12.8. The largest absolute Gasteiger partial charge is 0.508 e. The predicted molar refractivity (Wildman–Crippen MR) is 170 cm³/mol. The van der Waals surface area contributed by atoms with Crippen LogP contribution in [0.4, 0.5) is 5.82 Å². The maximum Gasteiger partial charge on any atom is 0.242 e. The number of phenolic OH excluding ortho intramolecular Hbond substituents is 1. The lowest BCUT2D eigenvalue weighted by Gasteiger charge is -2.49. The molecule has 11 heteroatoms. The molecular weight excluding hydrogens is 612 g/mol. The number of carbonyl (C=O) groups excluding carboxylic acids is 4. The monoisotopic (exact) mass is 640 g/mol. The van der Waals surface area contributed by atoms with Gasteiger partial charge in [0.05, 0.1) is 28.0 Å². The number of benzene rings is 2. The normalized spacial score (nSPS) is 29.1. The van der Waals surface area contributed by atoms with E-state index in [0.717, 1.165) is 31.7 Å². The van der Waals surface area contributed by atoms with E-state index >= 15 is 0 Å². The molecule has 0 bridgehead atoms. The number of imide groups is 2. The molecule has 2 aromatic heterocycles. The Hall–Kier alpha value is -4.28. The SMILES string of the molecule is Cc1c(-c2cc(N3C(=O)[C@@H]4C[C@@H]5C(=CC[C@@H]6C(=O)NC(=O)[C@@H]65)[C@H](c5ccc(O)cc5)[C@]4(C)C3=O)n(C)n2)sc2ccc(Cl)cc12. The maximum atomic E-state index is 14.7. The summed E-state index contributed by atoms with van der Waals surface area (Å²) in [5.41, 5.74) is 2.17. The van der Waals surface area contributed by atoms with Crippen LogP contribution in [0.15, 0.2) is 60.2 Å². The van der Waals surface area contributed by atoms with E-state index in [1.165, 1.54) is 4.90 Å². The summed E-state index contributed by atoms with van der Waals surface area (Å²) in [7, 11) is 1.72. The Morgan fingerprint density at radius 3 is 2.56 bits per heavy atom. The van der Waals surface area contributed by atoms with Crippen LogP contribution in [0, 0.1) is 36.0 Å². The van der Waals surface area contributed by atoms with Crippen molar-refractivity contribution < 1.29 is 24.3 Å². The number of hydrogen-bond donors (Lipinski definition) is 2. The number of anilines is 1. The number of aromatic nitrogens is 2. The van der Waals surface area contributed by atoms with Crippen LogP contribution in [0.5, 0.6) is 5.75 Å². The molecule has 0 radical (unpaired) electrons. The van der Waals surface area contributed by atoms with E-state index < -0.39 is 29.1 Å². The quantitative estimate of drug-likeness (QED) is 0.226. The van der Waals surface area contributed by atoms with Gasteiger partial charge in [-0.1, -0.05) is 35.4 Å². The van der Waals surface area contributed by atoms with Crippen molar-refractivity contribution in [2.75, 3.05) is 4.90 Å². The molecule has 1 saturated carbocycles. The number of aromatic hydroxyl groups is 1. The molecule has 8 rings (SSSR count). The fourth-order valence-electron chi connectivity index (χ4n) is 8.41. The van der Waals surface area contributed by atoms with Gasteiger partial charge in [-0.2, -0.15) is 5.10 Å². The molecule has 4 aromatic rings. The van der Waals surface area contributed by atoms with Gasteiger partial charge >= 0.3 is 0 Å². The lowest BCUT2D eigenvalue weighted by atomic mass is 9.51. The van der Waals surface area contributed by atoms with Gasteiger partial charge < -0.3 is 5.11 Å². The summed E-state index contributed by atoms with van der Waals surface area (Å²) in [4.78, 5) is 57.1. The molecule has 9 nitrogen and oxygen atoms in total. The van der Waals surface area contributed by atoms with Crippen molar-refractivity contribution in [3.8, 4) is 16.3 Å². The van der Waals surface area contributed by atoms with Crippen molar-refractivity contribution in [1.82, 2.24) is 15.1 Å². The summed E-state index contributed by atoms with van der Waals surface area (Å²) in [5, 5.41) is 19.0. The molecule has 4 heterocycles. The highest BCUT2D eigenvalue weighted by Crippen LogP contribution is 2.63. The van der Waals surface area contributed by atoms with E-state index in [-0.39, 0.29) is 41.7 Å². The van der Waals surface area contributed by atoms with Crippen molar-refractivity contribution in [3.63, 3.8) is 0 Å². The molecule has 2 aliphatic heterocycles. The van der Waals surface area contributed by atoms with Crippen molar-refractivity contribution in [1.29, 1.82) is 0 Å². The molecule has 2 aromatic carbocycles. The van der Waals surface area contributed by atoms with Gasteiger partial charge in [0.15, 0.2) is 0 Å². The zero-order valence-corrected chi connectivity index (χ0v) is 26.3. The van der Waals surface area contributed by atoms with Crippen molar-refractivity contribution >= 4 is 62.5 Å². The maximum absolute atomic E-state index is 14.7. The number of hydrogen-bond acceptors (Lipinski definition) is 7. The van der Waals surface area contributed by atoms with E-state index in [1.54, 1.807) is 53.4 Å². The minimum absolute atomic E-state index is 0.0861. The Labute approximate surface area is 267 Å². The van der Waals surface area contributed by atoms with Gasteiger partial charge in [-0.3, -0.25) is 29.2 Å². The fraction of sp³-hybridized carbons (Fsp3) is 0.324. The van der Waals surface area contributed by atoms with Crippen LogP contribution in [-0.4, -0.2) is 38.5 Å². The Morgan fingerprint density at radius 2 is 1.80 bits per heavy atom. The predicted octanol–water partition coefficient (Wildman–Crippen LogP) is 5.49. The minimum Gasteiger partial charge on any atom is -0.508 e. The van der Waals surface area contributed by atoms with Crippen molar-refractivity contribution in [2.24, 2.45) is 36.1 Å². The highest BCUT2D eigenvalue weighted by molar-refractivity contribution is 7.22. The van der Waals surface area contributed by atoms with Crippen LogP contribution in [0.25, 0.3) is 20.7 Å². The van der Waals surface area contributed by atoms with Gasteiger partial charge in [-0.25, -0.2) is 4.90 Å². The summed E-state index contributed by atoms with van der Waals surface area (Å²) in [5.74, 6) is -3.55. The Balaban J connectivity index is 1.25. The number of allylic oxidation sites excluding steroid dienone is 2. The number of nitrogens with zero attached hydrogens (tertiary/aromatic N) is 3. The first-order valence-electron chi connectivity index (χ1n) is 14.9. The average Bonchev–Trinajstić information content (AvgIpc) is 3.69. The van der Waals surface area contributed by atoms with Crippen LogP contribution in [-0.2, 0) is 26.2 Å². The van der Waals surface area contributed by atoms with Gasteiger partial charge in [-0.05, 0) is 79.5 Å². The summed E-state index contributed by atoms with van der Waals surface area (Å²) in [6.07, 6.45) is 2.67. The first-order chi connectivity index (χ1) is 21.5. The minimum atomic E-state index is -1.17. The highest BCUT2D eigenvalue weighted by Gasteiger charge is 2.67. The first-order valence-corrected chi connectivity index (χ1v) is 16.1. The lowest BCUT2D eigenvalue weighted by molar-refractivity contribution is -0.131. The number of phenols is 1. The smallest absolute Gasteiger partial charge is 0.242 e. The molecular formula is C34H29ClN4O5S. The second-order valence-corrected chi connectivity index (χ2v) is 14.3. The molecule has 2 saturated heterocycles. The van der Waals surface area contributed by atoms with Crippen LogP contribution >= 0.6 is 22.9 Å². The van der Waals surface area contributed by atoms with E-state index in [4.69, 9.17) is 16.7 Å². The van der Waals surface area contributed by atoms with Gasteiger partial charge in [0.25, 0.3) is 0 Å². The number of carbonyl (C=O) groups is 4. The molecule has 6 atom stereocenters. The number of fused-ring (bicyclic) bond motifs is 5. The van der Waals surface area contributed by atoms with E-state index in [1.807, 2.05) is 38.1 Å². The van der Waals surface area contributed by atoms with Crippen molar-refractivity contribution in [3.05, 3.63) is 76.3 Å². The topological polar surface area (TPSA) is 122 Å². The molecule has 0 unspecified atom stereocenters. The van der Waals surface area contributed by atoms with Crippen LogP contribution < -0.4 is 10.2 Å². The molecule has 3 fully saturated rings. The molecule has 228 valence electrons. The molecule has 4 amide bonds. The third kappa shape index (κ3) is 3.81. The third-order valence-electron chi connectivity index (χ3n) is 10.6. The molecule has 4 aliphatic rings. The van der Waals surface area contributed by atoms with E-state index in [9.17, 15) is 24.3 Å². The number of aryl methyl sites for hydroxylation is 2. The molecule has 2 N–H and O–H groups in total. The second kappa shape index (κ2) is 9.61. The molecule has 45 heavy (non-hydrogen) atoms. The fourth-order valence-corrected chi connectivity index (χ4v) is 9.72. The zero-order valence-electron chi connectivity index (χ0n) is 24.7. The number of rotatable bonds is 3. The Bertz CT molecular complexity index is 2030. The Morgan fingerprint density at radius 1 is 1.04 bits per heavy atom. The number of nitrogens with one attached hydrogen (secondary N) is 1. The summed E-state index contributed by atoms with van der Waals surface area (Å²) < 4.78 is 2.63. The Kier molecular flexibility index (Phi) is 6.02. The van der Waals surface area contributed by atoms with Crippen LogP contribution in [0.3, 0.4) is 0 Å². The zero-order chi connectivity index (χ0) is 31.5. The highest BCUT2D eigenvalue weighted by atomic mass is 35.5. The average molecular weight is 641 g/mol. The molecule has 0 spiro atoms. The van der Waals surface area contributed by atoms with Gasteiger partial charge in [0.1, 0.15) is 17.3 Å². The molecule has 2 aliphatic carbocycles. The standard InChI is InChI=1S/C34H29ClN4O5S/c1-15-21-12-17(35)6-11-25(21)45-29(15)24-14-26(38(3)37-24)39-32(43)23-13-22-19(9-10-20-27(22)31(42)36-30(20)41)28(34(23,2)33(39)44)16-4-7-18(40)8-5-16/h4-9,11-12,14,20,22-23,27-28,40H,10,13H2,1-3H3,(H,36,41,42)/t20-,22+,23-,27-,28-,34+/m0/s1. The summed E-state index contributed by atoms with van der Waals surface area (Å²) in [6.45, 7) is 3.85. The summed E-state index contributed by atoms with van der Waals surface area (Å²) in [6, 6.07) is 14.2. The lowest BCUT2D eigenvalue weighted by Crippen LogP contribution is -2.48. The third-order valence-corrected chi connectivity index (χ3v) is 12.1. The number of amides is 4. The van der Waals surface area contributed by atoms with Gasteiger partial charge in [0, 0.05) is 28.8 Å². The first kappa shape index (κ1) is 28.2.